The van der Waals surface area contributed by atoms with Gasteiger partial charge in [0, 0.05) is 21.2 Å². The van der Waals surface area contributed by atoms with Crippen molar-refractivity contribution in [2.45, 2.75) is 18.3 Å². The van der Waals surface area contributed by atoms with Crippen LogP contribution in [-0.4, -0.2) is 27.9 Å². The molecule has 1 amide bonds. The summed E-state index contributed by atoms with van der Waals surface area (Å²) in [5.41, 5.74) is -3.44. The number of halogens is 5. The Morgan fingerprint density at radius 2 is 1.54 bits per heavy atom. The van der Waals surface area contributed by atoms with E-state index in [0.717, 1.165) is 0 Å². The molecule has 0 radical (unpaired) electrons. The van der Waals surface area contributed by atoms with Crippen molar-refractivity contribution in [3.63, 3.8) is 0 Å². The van der Waals surface area contributed by atoms with Crippen LogP contribution in [0.2, 0.25) is 10.0 Å². The molecule has 1 N–H and O–H groups in total. The van der Waals surface area contributed by atoms with Gasteiger partial charge in [0.1, 0.15) is 5.71 Å². The van der Waals surface area contributed by atoms with Crippen LogP contribution >= 0.6 is 23.2 Å². The van der Waals surface area contributed by atoms with E-state index in [2.05, 4.69) is 5.10 Å². The second-order valence-corrected chi connectivity index (χ2v) is 6.54. The van der Waals surface area contributed by atoms with Crippen LogP contribution in [0.3, 0.4) is 0 Å². The number of rotatable bonds is 2. The van der Waals surface area contributed by atoms with Crippen LogP contribution < -0.4 is 0 Å². The summed E-state index contributed by atoms with van der Waals surface area (Å²) < 4.78 is 39.5. The molecule has 1 heterocycles. The average Bonchev–Trinajstić information content (AvgIpc) is 2.94. The minimum absolute atomic E-state index is 0.0361. The van der Waals surface area contributed by atoms with Crippen molar-refractivity contribution in [3.05, 3.63) is 69.7 Å². The predicted octanol–water partition coefficient (Wildman–Crippen LogP) is 4.60. The highest BCUT2D eigenvalue weighted by atomic mass is 35.5. The third-order valence-corrected chi connectivity index (χ3v) is 4.41. The van der Waals surface area contributed by atoms with Gasteiger partial charge in [-0.15, -0.1) is 0 Å². The first-order chi connectivity index (χ1) is 12.1. The number of aliphatic hydroxyl groups is 1. The lowest BCUT2D eigenvalue weighted by Gasteiger charge is -2.31. The van der Waals surface area contributed by atoms with E-state index < -0.39 is 29.9 Å². The second-order valence-electron chi connectivity index (χ2n) is 5.67. The molecular formula is C17H11Cl2F3N2O2. The highest BCUT2D eigenvalue weighted by molar-refractivity contribution is 6.30. The van der Waals surface area contributed by atoms with Gasteiger partial charge in [-0.1, -0.05) is 35.3 Å². The number of nitrogens with zero attached hydrogens (tertiary/aromatic N) is 2. The summed E-state index contributed by atoms with van der Waals surface area (Å²) in [4.78, 5) is 12.7. The SMILES string of the molecule is O=C(c1ccc(Cl)cc1)N1N=C(C(F)(F)F)C[C@@]1(O)c1ccc(Cl)cc1. The molecule has 0 saturated carbocycles. The molecule has 4 nitrogen and oxygen atoms in total. The minimum Gasteiger partial charge on any atom is -0.365 e. The van der Waals surface area contributed by atoms with Gasteiger partial charge >= 0.3 is 6.18 Å². The van der Waals surface area contributed by atoms with Crippen LogP contribution in [-0.2, 0) is 5.72 Å². The highest BCUT2D eigenvalue weighted by Crippen LogP contribution is 2.40. The normalized spacial score (nSPS) is 20.2. The summed E-state index contributed by atoms with van der Waals surface area (Å²) in [7, 11) is 0. The van der Waals surface area contributed by atoms with Crippen molar-refractivity contribution in [1.29, 1.82) is 0 Å². The second kappa shape index (κ2) is 6.57. The standard InChI is InChI=1S/C17H11Cl2F3N2O2/c18-12-5-1-10(2-6-12)15(25)24-16(26,9-14(23-24)17(20,21)22)11-3-7-13(19)8-4-11/h1-8,26H,9H2/t16-/m1/s1. The maximum atomic E-state index is 13.2. The van der Waals surface area contributed by atoms with E-state index in [0.29, 0.717) is 15.1 Å². The van der Waals surface area contributed by atoms with Gasteiger partial charge in [-0.25, -0.2) is 0 Å². The number of carbonyl (C=O) groups excluding carboxylic acids is 1. The van der Waals surface area contributed by atoms with Gasteiger partial charge in [0.05, 0.1) is 6.42 Å². The lowest BCUT2D eigenvalue weighted by Crippen LogP contribution is -2.43. The van der Waals surface area contributed by atoms with Crippen LogP contribution in [0.1, 0.15) is 22.3 Å². The fraction of sp³-hybridized carbons (Fsp3) is 0.176. The molecule has 136 valence electrons. The highest BCUT2D eigenvalue weighted by Gasteiger charge is 2.53. The number of alkyl halides is 3. The molecule has 2 aromatic rings. The molecule has 26 heavy (non-hydrogen) atoms. The van der Waals surface area contributed by atoms with Crippen molar-refractivity contribution >= 4 is 34.8 Å². The first-order valence-electron chi connectivity index (χ1n) is 7.34. The summed E-state index contributed by atoms with van der Waals surface area (Å²) >= 11 is 11.6. The van der Waals surface area contributed by atoms with Crippen LogP contribution in [0.4, 0.5) is 13.2 Å². The molecule has 1 aliphatic rings. The molecule has 0 saturated heterocycles. The van der Waals surface area contributed by atoms with Crippen molar-refractivity contribution in [1.82, 2.24) is 5.01 Å². The van der Waals surface area contributed by atoms with Gasteiger partial charge in [-0.2, -0.15) is 23.3 Å². The predicted molar refractivity (Wildman–Crippen MR) is 91.1 cm³/mol. The minimum atomic E-state index is -4.78. The zero-order valence-corrected chi connectivity index (χ0v) is 14.5. The molecule has 2 aromatic carbocycles. The van der Waals surface area contributed by atoms with E-state index in [-0.39, 0.29) is 11.1 Å². The molecule has 9 heteroatoms. The Morgan fingerprint density at radius 3 is 2.04 bits per heavy atom. The van der Waals surface area contributed by atoms with Crippen molar-refractivity contribution < 1.29 is 23.1 Å². The molecule has 0 unspecified atom stereocenters. The number of benzene rings is 2. The fourth-order valence-corrected chi connectivity index (χ4v) is 2.83. The van der Waals surface area contributed by atoms with E-state index in [1.54, 1.807) is 0 Å². The number of hydrazone groups is 1. The van der Waals surface area contributed by atoms with E-state index >= 15 is 0 Å². The van der Waals surface area contributed by atoms with E-state index in [1.807, 2.05) is 0 Å². The van der Waals surface area contributed by atoms with Crippen LogP contribution in [0, 0.1) is 0 Å². The van der Waals surface area contributed by atoms with Crippen LogP contribution in [0.15, 0.2) is 53.6 Å². The zero-order chi connectivity index (χ0) is 19.1. The Labute approximate surface area is 156 Å². The third kappa shape index (κ3) is 3.42. The third-order valence-electron chi connectivity index (χ3n) is 3.90. The quantitative estimate of drug-likeness (QED) is 0.797. The number of carbonyl (C=O) groups is 1. The van der Waals surface area contributed by atoms with Gasteiger partial charge in [-0.05, 0) is 36.4 Å². The summed E-state index contributed by atoms with van der Waals surface area (Å²) in [6.45, 7) is 0. The maximum absolute atomic E-state index is 13.2. The molecule has 0 spiro atoms. The van der Waals surface area contributed by atoms with Gasteiger partial charge in [0.2, 0.25) is 0 Å². The van der Waals surface area contributed by atoms with E-state index in [9.17, 15) is 23.1 Å². The molecule has 0 aromatic heterocycles. The van der Waals surface area contributed by atoms with E-state index in [1.165, 1.54) is 48.5 Å². The Kier molecular flexibility index (Phi) is 4.72. The van der Waals surface area contributed by atoms with Gasteiger partial charge in [0.25, 0.3) is 5.91 Å². The molecular weight excluding hydrogens is 392 g/mol. The Balaban J connectivity index is 2.06. The molecule has 1 aliphatic heterocycles. The Morgan fingerprint density at radius 1 is 1.04 bits per heavy atom. The van der Waals surface area contributed by atoms with Gasteiger partial charge < -0.3 is 5.11 Å². The maximum Gasteiger partial charge on any atom is 0.431 e. The number of hydrogen-bond acceptors (Lipinski definition) is 3. The van der Waals surface area contributed by atoms with Crippen LogP contribution in [0.5, 0.6) is 0 Å². The lowest BCUT2D eigenvalue weighted by molar-refractivity contribution is -0.0816. The zero-order valence-electron chi connectivity index (χ0n) is 13.0. The molecule has 3 rings (SSSR count). The van der Waals surface area contributed by atoms with Gasteiger partial charge in [0.15, 0.2) is 5.72 Å². The largest absolute Gasteiger partial charge is 0.431 e. The number of hydrogen-bond donors (Lipinski definition) is 1. The first kappa shape index (κ1) is 18.7. The van der Waals surface area contributed by atoms with Crippen molar-refractivity contribution in [2.75, 3.05) is 0 Å². The monoisotopic (exact) mass is 402 g/mol. The van der Waals surface area contributed by atoms with Crippen LogP contribution in [0.25, 0.3) is 0 Å². The summed E-state index contributed by atoms with van der Waals surface area (Å²) in [6, 6.07) is 11.0. The summed E-state index contributed by atoms with van der Waals surface area (Å²) in [6.07, 6.45) is -5.67. The first-order valence-corrected chi connectivity index (χ1v) is 8.10. The summed E-state index contributed by atoms with van der Waals surface area (Å²) in [5.74, 6) is -0.890. The molecule has 0 bridgehead atoms. The topological polar surface area (TPSA) is 52.9 Å². The summed E-state index contributed by atoms with van der Waals surface area (Å²) in [5, 5.41) is 15.5. The molecule has 1 atom stereocenters. The average molecular weight is 403 g/mol. The van der Waals surface area contributed by atoms with Crippen molar-refractivity contribution in [3.8, 4) is 0 Å². The number of amides is 1. The fourth-order valence-electron chi connectivity index (χ4n) is 2.57. The smallest absolute Gasteiger partial charge is 0.365 e. The van der Waals surface area contributed by atoms with Crippen molar-refractivity contribution in [2.24, 2.45) is 5.10 Å². The molecule has 0 aliphatic carbocycles. The lowest BCUT2D eigenvalue weighted by atomic mass is 9.96. The Hall–Kier alpha value is -2.09. The van der Waals surface area contributed by atoms with Gasteiger partial charge in [-0.3, -0.25) is 4.79 Å². The molecule has 0 fully saturated rings. The van der Waals surface area contributed by atoms with E-state index in [4.69, 9.17) is 23.2 Å². The Bertz CT molecular complexity index is 867.